The molecule has 0 spiro atoms. The average molecular weight is 421 g/mol. The Morgan fingerprint density at radius 2 is 1.70 bits per heavy atom. The van der Waals surface area contributed by atoms with Crippen LogP contribution in [0.15, 0.2) is 78.9 Å². The lowest BCUT2D eigenvalue weighted by Gasteiger charge is -2.26. The van der Waals surface area contributed by atoms with E-state index < -0.39 is 0 Å². The zero-order chi connectivity index (χ0) is 20.8. The van der Waals surface area contributed by atoms with Crippen molar-refractivity contribution in [3.63, 3.8) is 0 Å². The maximum Gasteiger partial charge on any atom is 0.323 e. The molecule has 2 amide bonds. The van der Waals surface area contributed by atoms with Gasteiger partial charge in [-0.15, -0.1) is 11.8 Å². The lowest BCUT2D eigenvalue weighted by molar-refractivity contribution is 0.213. The number of carbonyl (C=O) groups excluding carboxylic acids is 1. The molecular formula is C24H24N2O3S. The molecule has 1 saturated heterocycles. The summed E-state index contributed by atoms with van der Waals surface area (Å²) in [5.41, 5.74) is 2.78. The summed E-state index contributed by atoms with van der Waals surface area (Å²) < 4.78 is 11.5. The lowest BCUT2D eigenvalue weighted by Crippen LogP contribution is -2.34. The third kappa shape index (κ3) is 4.54. The van der Waals surface area contributed by atoms with Crippen molar-refractivity contribution in [2.45, 2.75) is 12.0 Å². The number of amides is 2. The summed E-state index contributed by atoms with van der Waals surface area (Å²) in [4.78, 5) is 14.9. The second-order valence-electron chi connectivity index (χ2n) is 6.86. The number of urea groups is 1. The Kier molecular flexibility index (Phi) is 6.44. The number of nitrogens with one attached hydrogen (secondary N) is 1. The van der Waals surface area contributed by atoms with Crippen LogP contribution in [-0.2, 0) is 6.61 Å². The number of hydrogen-bond acceptors (Lipinski definition) is 4. The van der Waals surface area contributed by atoms with Gasteiger partial charge in [-0.05, 0) is 23.8 Å². The SMILES string of the molecule is COc1ccccc1NC(=O)N1CCS[C@H]1c1ccccc1OCc1ccccc1. The fraction of sp³-hybridized carbons (Fsp3) is 0.208. The first-order chi connectivity index (χ1) is 14.8. The van der Waals surface area contributed by atoms with E-state index in [-0.39, 0.29) is 11.4 Å². The number of ether oxygens (including phenoxy) is 2. The van der Waals surface area contributed by atoms with Gasteiger partial charge in [-0.2, -0.15) is 0 Å². The van der Waals surface area contributed by atoms with Gasteiger partial charge in [0, 0.05) is 17.9 Å². The molecule has 0 radical (unpaired) electrons. The molecule has 154 valence electrons. The number of hydrogen-bond donors (Lipinski definition) is 1. The molecule has 1 fully saturated rings. The average Bonchev–Trinajstić information content (AvgIpc) is 3.29. The summed E-state index contributed by atoms with van der Waals surface area (Å²) in [5.74, 6) is 2.31. The van der Waals surface area contributed by atoms with Gasteiger partial charge in [-0.25, -0.2) is 4.79 Å². The number of anilines is 1. The molecular weight excluding hydrogens is 396 g/mol. The van der Waals surface area contributed by atoms with Crippen LogP contribution in [0.4, 0.5) is 10.5 Å². The van der Waals surface area contributed by atoms with Crippen molar-refractivity contribution in [1.82, 2.24) is 4.90 Å². The maximum absolute atomic E-state index is 13.1. The highest BCUT2D eigenvalue weighted by atomic mass is 32.2. The van der Waals surface area contributed by atoms with Crippen LogP contribution in [0.25, 0.3) is 0 Å². The minimum Gasteiger partial charge on any atom is -0.495 e. The van der Waals surface area contributed by atoms with Gasteiger partial charge in [0.15, 0.2) is 0 Å². The van der Waals surface area contributed by atoms with Gasteiger partial charge in [0.1, 0.15) is 23.5 Å². The first-order valence-electron chi connectivity index (χ1n) is 9.84. The van der Waals surface area contributed by atoms with E-state index in [1.54, 1.807) is 18.9 Å². The van der Waals surface area contributed by atoms with Crippen molar-refractivity contribution in [2.75, 3.05) is 24.7 Å². The van der Waals surface area contributed by atoms with Gasteiger partial charge in [0.2, 0.25) is 0 Å². The van der Waals surface area contributed by atoms with Crippen LogP contribution < -0.4 is 14.8 Å². The summed E-state index contributed by atoms with van der Waals surface area (Å²) in [7, 11) is 1.60. The Morgan fingerprint density at radius 3 is 2.50 bits per heavy atom. The fourth-order valence-electron chi connectivity index (χ4n) is 3.42. The summed E-state index contributed by atoms with van der Waals surface area (Å²) >= 11 is 1.74. The smallest absolute Gasteiger partial charge is 0.323 e. The van der Waals surface area contributed by atoms with Crippen molar-refractivity contribution in [3.05, 3.63) is 90.0 Å². The van der Waals surface area contributed by atoms with E-state index in [0.29, 0.717) is 24.6 Å². The minimum atomic E-state index is -0.146. The fourth-order valence-corrected chi connectivity index (χ4v) is 4.70. The third-order valence-corrected chi connectivity index (χ3v) is 6.17. The molecule has 3 aromatic carbocycles. The van der Waals surface area contributed by atoms with Crippen LogP contribution in [0, 0.1) is 0 Å². The van der Waals surface area contributed by atoms with Crippen molar-refractivity contribution < 1.29 is 14.3 Å². The van der Waals surface area contributed by atoms with Crippen molar-refractivity contribution >= 4 is 23.5 Å². The van der Waals surface area contributed by atoms with E-state index in [0.717, 1.165) is 22.6 Å². The molecule has 30 heavy (non-hydrogen) atoms. The number of thioether (sulfide) groups is 1. The predicted molar refractivity (Wildman–Crippen MR) is 121 cm³/mol. The van der Waals surface area contributed by atoms with E-state index in [9.17, 15) is 4.79 Å². The summed E-state index contributed by atoms with van der Waals surface area (Å²) in [6.07, 6.45) is 0. The van der Waals surface area contributed by atoms with E-state index in [4.69, 9.17) is 9.47 Å². The second kappa shape index (κ2) is 9.59. The van der Waals surface area contributed by atoms with Crippen LogP contribution in [0.5, 0.6) is 11.5 Å². The Labute approximate surface area is 181 Å². The highest BCUT2D eigenvalue weighted by Gasteiger charge is 2.33. The van der Waals surface area contributed by atoms with Crippen LogP contribution in [-0.4, -0.2) is 30.3 Å². The molecule has 1 aliphatic heterocycles. The van der Waals surface area contributed by atoms with Gasteiger partial charge in [0.05, 0.1) is 12.8 Å². The molecule has 6 heteroatoms. The molecule has 0 aliphatic carbocycles. The maximum atomic E-state index is 13.1. The quantitative estimate of drug-likeness (QED) is 0.568. The van der Waals surface area contributed by atoms with Gasteiger partial charge < -0.3 is 19.7 Å². The number of benzene rings is 3. The minimum absolute atomic E-state index is 0.105. The van der Waals surface area contributed by atoms with Crippen LogP contribution in [0.2, 0.25) is 0 Å². The molecule has 1 atom stereocenters. The van der Waals surface area contributed by atoms with Crippen LogP contribution >= 0.6 is 11.8 Å². The van der Waals surface area contributed by atoms with Gasteiger partial charge in [-0.1, -0.05) is 60.7 Å². The highest BCUT2D eigenvalue weighted by Crippen LogP contribution is 2.42. The molecule has 5 nitrogen and oxygen atoms in total. The number of rotatable bonds is 6. The Balaban J connectivity index is 1.51. The lowest BCUT2D eigenvalue weighted by atomic mass is 10.1. The summed E-state index contributed by atoms with van der Waals surface area (Å²) in [5, 5.41) is 2.88. The number of nitrogens with zero attached hydrogens (tertiary/aromatic N) is 1. The molecule has 0 unspecified atom stereocenters. The van der Waals surface area contributed by atoms with E-state index in [1.165, 1.54) is 0 Å². The number of methoxy groups -OCH3 is 1. The van der Waals surface area contributed by atoms with E-state index in [2.05, 4.69) is 5.32 Å². The largest absolute Gasteiger partial charge is 0.495 e. The van der Waals surface area contributed by atoms with Crippen molar-refractivity contribution in [3.8, 4) is 11.5 Å². The molecule has 0 bridgehead atoms. The van der Waals surface area contributed by atoms with Gasteiger partial charge >= 0.3 is 6.03 Å². The van der Waals surface area contributed by atoms with E-state index in [1.807, 2.05) is 83.8 Å². The molecule has 1 heterocycles. The molecule has 0 saturated carbocycles. The Hall–Kier alpha value is -3.12. The monoisotopic (exact) mass is 420 g/mol. The number of carbonyl (C=O) groups is 1. The molecule has 1 aliphatic rings. The Morgan fingerprint density at radius 1 is 1.00 bits per heavy atom. The normalized spacial score (nSPS) is 15.6. The molecule has 3 aromatic rings. The zero-order valence-corrected chi connectivity index (χ0v) is 17.6. The second-order valence-corrected chi connectivity index (χ2v) is 8.05. The summed E-state index contributed by atoms with van der Waals surface area (Å²) in [6.45, 7) is 1.16. The zero-order valence-electron chi connectivity index (χ0n) is 16.8. The third-order valence-electron chi connectivity index (χ3n) is 4.92. The first-order valence-corrected chi connectivity index (χ1v) is 10.9. The van der Waals surface area contributed by atoms with Crippen molar-refractivity contribution in [1.29, 1.82) is 0 Å². The van der Waals surface area contributed by atoms with Crippen LogP contribution in [0.3, 0.4) is 0 Å². The molecule has 1 N–H and O–H groups in total. The topological polar surface area (TPSA) is 50.8 Å². The first kappa shape index (κ1) is 20.2. The number of para-hydroxylation sites is 3. The van der Waals surface area contributed by atoms with Gasteiger partial charge in [-0.3, -0.25) is 0 Å². The van der Waals surface area contributed by atoms with Crippen LogP contribution in [0.1, 0.15) is 16.5 Å². The predicted octanol–water partition coefficient (Wildman–Crippen LogP) is 5.55. The summed E-state index contributed by atoms with van der Waals surface area (Å²) in [6, 6.07) is 25.3. The van der Waals surface area contributed by atoms with Gasteiger partial charge in [0.25, 0.3) is 0 Å². The molecule has 4 rings (SSSR count). The van der Waals surface area contributed by atoms with Crippen molar-refractivity contribution in [2.24, 2.45) is 0 Å². The standard InChI is InChI=1S/C24H24N2O3S/c1-28-22-14-8-6-12-20(22)25-24(27)26-15-16-30-23(26)19-11-5-7-13-21(19)29-17-18-9-3-2-4-10-18/h2-14,23H,15-17H2,1H3,(H,25,27)/t23-/m0/s1. The highest BCUT2D eigenvalue weighted by molar-refractivity contribution is 7.99. The molecule has 0 aromatic heterocycles. The Bertz CT molecular complexity index is 997. The van der Waals surface area contributed by atoms with E-state index >= 15 is 0 Å².